The van der Waals surface area contributed by atoms with Gasteiger partial charge in [0.2, 0.25) is 0 Å². The van der Waals surface area contributed by atoms with Crippen LogP contribution in [0.25, 0.3) is 0 Å². The number of phenols is 2. The summed E-state index contributed by atoms with van der Waals surface area (Å²) in [5.41, 5.74) is 2.25. The van der Waals surface area contributed by atoms with E-state index in [0.717, 1.165) is 17.7 Å². The van der Waals surface area contributed by atoms with Gasteiger partial charge in [-0.1, -0.05) is 30.3 Å². The third kappa shape index (κ3) is 3.25. The molecule has 1 heterocycles. The lowest BCUT2D eigenvalue weighted by Crippen LogP contribution is -2.24. The Labute approximate surface area is 150 Å². The molecule has 0 radical (unpaired) electrons. The van der Waals surface area contributed by atoms with Gasteiger partial charge in [-0.3, -0.25) is 0 Å². The van der Waals surface area contributed by atoms with E-state index in [1.807, 2.05) is 37.4 Å². The van der Waals surface area contributed by atoms with Crippen LogP contribution in [0.1, 0.15) is 33.0 Å². The molecule has 24 heavy (non-hydrogen) atoms. The Morgan fingerprint density at radius 3 is 2.50 bits per heavy atom. The predicted octanol–water partition coefficient (Wildman–Crippen LogP) is 2.99. The number of phenolic OH excluding ortho intramolecular Hbond substituents is 1. The highest BCUT2D eigenvalue weighted by atomic mass is 79.9. The van der Waals surface area contributed by atoms with Crippen LogP contribution in [0.5, 0.6) is 11.5 Å². The van der Waals surface area contributed by atoms with Gasteiger partial charge in [-0.05, 0) is 36.2 Å². The summed E-state index contributed by atoms with van der Waals surface area (Å²) >= 11 is 0. The standard InChI is InChI=1S/C18H19NO4.BrH/c1-19-8-7-12-13(9-15(20)17(21)16(12)18(22)23)14(10-19)11-5-3-2-4-6-11;/h2-6,9,14,20-21H,7-8,10H2,1H3,(H,22,23);1H. The fourth-order valence-electron chi connectivity index (χ4n) is 3.30. The molecule has 1 unspecified atom stereocenters. The minimum absolute atomic E-state index is 0. The maximum atomic E-state index is 11.6. The smallest absolute Gasteiger partial charge is 0.339 e. The number of fused-ring (bicyclic) bond motifs is 1. The Hall–Kier alpha value is -2.05. The summed E-state index contributed by atoms with van der Waals surface area (Å²) < 4.78 is 0. The molecule has 0 fully saturated rings. The lowest BCUT2D eigenvalue weighted by molar-refractivity contribution is 0.0691. The quantitative estimate of drug-likeness (QED) is 0.683. The van der Waals surface area contributed by atoms with E-state index in [2.05, 4.69) is 4.90 Å². The lowest BCUT2D eigenvalue weighted by Gasteiger charge is -2.22. The fraction of sp³-hybridized carbons (Fsp3) is 0.278. The molecular weight excluding hydrogens is 374 g/mol. The molecule has 2 aromatic carbocycles. The van der Waals surface area contributed by atoms with Crippen LogP contribution in [0, 0.1) is 0 Å². The highest BCUT2D eigenvalue weighted by Crippen LogP contribution is 2.40. The van der Waals surface area contributed by atoms with Gasteiger partial charge >= 0.3 is 5.97 Å². The molecule has 3 rings (SSSR count). The molecule has 0 saturated heterocycles. The van der Waals surface area contributed by atoms with Crippen LogP contribution < -0.4 is 0 Å². The van der Waals surface area contributed by atoms with E-state index in [0.29, 0.717) is 18.5 Å². The van der Waals surface area contributed by atoms with Gasteiger partial charge in [0.15, 0.2) is 11.5 Å². The predicted molar refractivity (Wildman–Crippen MR) is 96.5 cm³/mol. The SMILES string of the molecule is Br.CN1CCc2c(cc(O)c(O)c2C(=O)O)C(c2ccccc2)C1. The minimum Gasteiger partial charge on any atom is -0.504 e. The van der Waals surface area contributed by atoms with Gasteiger partial charge in [-0.15, -0.1) is 17.0 Å². The maximum Gasteiger partial charge on any atom is 0.339 e. The number of hydrogen-bond donors (Lipinski definition) is 3. The molecular formula is C18H20BrNO4. The van der Waals surface area contributed by atoms with Gasteiger partial charge in [0, 0.05) is 19.0 Å². The number of halogens is 1. The molecule has 2 aromatic rings. The van der Waals surface area contributed by atoms with Gasteiger partial charge in [-0.2, -0.15) is 0 Å². The van der Waals surface area contributed by atoms with Crippen LogP contribution in [-0.4, -0.2) is 46.3 Å². The molecule has 6 heteroatoms. The number of hydrogen-bond acceptors (Lipinski definition) is 4. The molecule has 0 bridgehead atoms. The van der Waals surface area contributed by atoms with Crippen LogP contribution in [-0.2, 0) is 6.42 Å². The Morgan fingerprint density at radius 2 is 1.88 bits per heavy atom. The molecule has 128 valence electrons. The Kier molecular flexibility index (Phi) is 5.51. The first kappa shape index (κ1) is 18.3. The zero-order valence-corrected chi connectivity index (χ0v) is 15.0. The third-order valence-corrected chi connectivity index (χ3v) is 4.45. The van der Waals surface area contributed by atoms with Gasteiger partial charge in [-0.25, -0.2) is 4.79 Å². The van der Waals surface area contributed by atoms with E-state index in [9.17, 15) is 20.1 Å². The van der Waals surface area contributed by atoms with Crippen LogP contribution in [0.3, 0.4) is 0 Å². The van der Waals surface area contributed by atoms with Crippen LogP contribution in [0.4, 0.5) is 0 Å². The summed E-state index contributed by atoms with van der Waals surface area (Å²) in [7, 11) is 1.99. The topological polar surface area (TPSA) is 81.0 Å². The Bertz CT molecular complexity index is 748. The number of nitrogens with zero attached hydrogens (tertiary/aromatic N) is 1. The average molecular weight is 394 g/mol. The van der Waals surface area contributed by atoms with E-state index in [-0.39, 0.29) is 34.2 Å². The number of rotatable bonds is 2. The van der Waals surface area contributed by atoms with Crippen molar-refractivity contribution in [1.82, 2.24) is 4.90 Å². The van der Waals surface area contributed by atoms with Gasteiger partial charge in [0.25, 0.3) is 0 Å². The number of carboxylic acids is 1. The largest absolute Gasteiger partial charge is 0.504 e. The van der Waals surface area contributed by atoms with Crippen LogP contribution in [0.15, 0.2) is 36.4 Å². The first-order valence-electron chi connectivity index (χ1n) is 7.53. The number of likely N-dealkylation sites (N-methyl/N-ethyl adjacent to an activating group) is 1. The molecule has 0 aliphatic carbocycles. The lowest BCUT2D eigenvalue weighted by atomic mass is 9.85. The van der Waals surface area contributed by atoms with E-state index >= 15 is 0 Å². The second kappa shape index (κ2) is 7.23. The average Bonchev–Trinajstić information content (AvgIpc) is 2.68. The molecule has 0 amide bonds. The van der Waals surface area contributed by atoms with Crippen LogP contribution >= 0.6 is 17.0 Å². The molecule has 5 nitrogen and oxygen atoms in total. The molecule has 1 atom stereocenters. The van der Waals surface area contributed by atoms with E-state index < -0.39 is 11.7 Å². The van der Waals surface area contributed by atoms with E-state index in [1.165, 1.54) is 6.07 Å². The zero-order chi connectivity index (χ0) is 16.6. The molecule has 0 saturated carbocycles. The normalized spacial score (nSPS) is 17.5. The number of carboxylic acid groups (broad SMARTS) is 1. The Morgan fingerprint density at radius 1 is 1.21 bits per heavy atom. The summed E-state index contributed by atoms with van der Waals surface area (Å²) in [6, 6.07) is 11.3. The van der Waals surface area contributed by atoms with Crippen molar-refractivity contribution < 1.29 is 20.1 Å². The number of aromatic hydroxyl groups is 2. The first-order valence-corrected chi connectivity index (χ1v) is 7.53. The second-order valence-electron chi connectivity index (χ2n) is 5.97. The number of aromatic carboxylic acids is 1. The molecule has 0 spiro atoms. The zero-order valence-electron chi connectivity index (χ0n) is 13.3. The van der Waals surface area contributed by atoms with Crippen molar-refractivity contribution in [2.45, 2.75) is 12.3 Å². The summed E-state index contributed by atoms with van der Waals surface area (Å²) in [6.45, 7) is 1.42. The third-order valence-electron chi connectivity index (χ3n) is 4.45. The molecule has 3 N–H and O–H groups in total. The van der Waals surface area contributed by atoms with Gasteiger partial charge in [0.05, 0.1) is 0 Å². The highest BCUT2D eigenvalue weighted by molar-refractivity contribution is 8.93. The maximum absolute atomic E-state index is 11.6. The van der Waals surface area contributed by atoms with Gasteiger partial charge in [0.1, 0.15) is 5.56 Å². The van der Waals surface area contributed by atoms with Crippen molar-refractivity contribution in [3.05, 3.63) is 58.7 Å². The fourth-order valence-corrected chi connectivity index (χ4v) is 3.30. The monoisotopic (exact) mass is 393 g/mol. The summed E-state index contributed by atoms with van der Waals surface area (Å²) in [5, 5.41) is 29.5. The first-order chi connectivity index (χ1) is 11.0. The van der Waals surface area contributed by atoms with Crippen LogP contribution in [0.2, 0.25) is 0 Å². The highest BCUT2D eigenvalue weighted by Gasteiger charge is 2.30. The van der Waals surface area contributed by atoms with Crippen molar-refractivity contribution in [3.8, 4) is 11.5 Å². The minimum atomic E-state index is -1.22. The van der Waals surface area contributed by atoms with Crippen molar-refractivity contribution in [2.24, 2.45) is 0 Å². The summed E-state index contributed by atoms with van der Waals surface area (Å²) in [6.07, 6.45) is 0.518. The van der Waals surface area contributed by atoms with Crippen molar-refractivity contribution in [3.63, 3.8) is 0 Å². The van der Waals surface area contributed by atoms with E-state index in [1.54, 1.807) is 0 Å². The number of benzene rings is 2. The van der Waals surface area contributed by atoms with E-state index in [4.69, 9.17) is 0 Å². The Balaban J connectivity index is 0.00000208. The van der Waals surface area contributed by atoms with Crippen molar-refractivity contribution in [1.29, 1.82) is 0 Å². The van der Waals surface area contributed by atoms with Crippen molar-refractivity contribution in [2.75, 3.05) is 20.1 Å². The molecule has 1 aliphatic heterocycles. The molecule has 0 aromatic heterocycles. The van der Waals surface area contributed by atoms with Gasteiger partial charge < -0.3 is 20.2 Å². The van der Waals surface area contributed by atoms with Crippen molar-refractivity contribution >= 4 is 23.0 Å². The second-order valence-corrected chi connectivity index (χ2v) is 5.97. The summed E-state index contributed by atoms with van der Waals surface area (Å²) in [4.78, 5) is 13.7. The number of carbonyl (C=O) groups is 1. The molecule has 1 aliphatic rings. The summed E-state index contributed by atoms with van der Waals surface area (Å²) in [5.74, 6) is -2.20.